The first-order chi connectivity index (χ1) is 8.60. The van der Waals surface area contributed by atoms with Crippen molar-refractivity contribution < 1.29 is 4.39 Å². The van der Waals surface area contributed by atoms with E-state index in [1.54, 1.807) is 18.2 Å². The van der Waals surface area contributed by atoms with Gasteiger partial charge in [-0.25, -0.2) is 4.39 Å². The van der Waals surface area contributed by atoms with E-state index < -0.39 is 5.82 Å². The van der Waals surface area contributed by atoms with Crippen molar-refractivity contribution >= 4 is 28.7 Å². The van der Waals surface area contributed by atoms with Gasteiger partial charge in [-0.1, -0.05) is 11.6 Å². The van der Waals surface area contributed by atoms with E-state index in [-0.39, 0.29) is 0 Å². The van der Waals surface area contributed by atoms with Crippen LogP contribution in [-0.4, -0.2) is 0 Å². The molecule has 0 saturated carbocycles. The third kappa shape index (κ3) is 2.53. The molecule has 3 N–H and O–H groups in total. The highest BCUT2D eigenvalue weighted by Crippen LogP contribution is 2.28. The third-order valence-corrected chi connectivity index (χ3v) is 2.62. The molecule has 0 spiro atoms. The summed E-state index contributed by atoms with van der Waals surface area (Å²) >= 11 is 5.86. The molecular formula is C13H9ClFN3. The molecule has 18 heavy (non-hydrogen) atoms. The summed E-state index contributed by atoms with van der Waals surface area (Å²) in [7, 11) is 0. The SMILES string of the molecule is N#Cc1ccc(Cl)cc1Nc1cc(F)ccc1N. The van der Waals surface area contributed by atoms with Crippen LogP contribution in [-0.2, 0) is 0 Å². The summed E-state index contributed by atoms with van der Waals surface area (Å²) in [6, 6.07) is 10.8. The number of nitrogens with one attached hydrogen (secondary N) is 1. The van der Waals surface area contributed by atoms with Crippen LogP contribution in [0.2, 0.25) is 5.02 Å². The van der Waals surface area contributed by atoms with Crippen LogP contribution in [0.3, 0.4) is 0 Å². The molecule has 0 fully saturated rings. The summed E-state index contributed by atoms with van der Waals surface area (Å²) in [5, 5.41) is 12.4. The fraction of sp³-hybridized carbons (Fsp3) is 0. The van der Waals surface area contributed by atoms with Crippen molar-refractivity contribution in [1.82, 2.24) is 0 Å². The molecule has 2 aromatic carbocycles. The van der Waals surface area contributed by atoms with Crippen LogP contribution in [0.1, 0.15) is 5.56 Å². The molecule has 90 valence electrons. The van der Waals surface area contributed by atoms with Crippen molar-refractivity contribution in [2.24, 2.45) is 0 Å². The highest BCUT2D eigenvalue weighted by Gasteiger charge is 2.06. The quantitative estimate of drug-likeness (QED) is 0.811. The van der Waals surface area contributed by atoms with Crippen LogP contribution in [0, 0.1) is 17.1 Å². The number of benzene rings is 2. The van der Waals surface area contributed by atoms with Gasteiger partial charge in [-0.2, -0.15) is 5.26 Å². The second-order valence-corrected chi connectivity index (χ2v) is 4.09. The Morgan fingerprint density at radius 2 is 1.94 bits per heavy atom. The molecule has 3 nitrogen and oxygen atoms in total. The van der Waals surface area contributed by atoms with Gasteiger partial charge in [0, 0.05) is 5.02 Å². The minimum atomic E-state index is -0.410. The Morgan fingerprint density at radius 3 is 2.67 bits per heavy atom. The molecule has 0 radical (unpaired) electrons. The van der Waals surface area contributed by atoms with Crippen molar-refractivity contribution in [3.05, 3.63) is 52.8 Å². The van der Waals surface area contributed by atoms with Gasteiger partial charge in [-0.15, -0.1) is 0 Å². The van der Waals surface area contributed by atoms with Gasteiger partial charge >= 0.3 is 0 Å². The maximum absolute atomic E-state index is 13.1. The van der Waals surface area contributed by atoms with Gasteiger partial charge in [0.2, 0.25) is 0 Å². The zero-order valence-corrected chi connectivity index (χ0v) is 10.0. The fourth-order valence-electron chi connectivity index (χ4n) is 1.50. The Kier molecular flexibility index (Phi) is 3.35. The van der Waals surface area contributed by atoms with E-state index in [0.29, 0.717) is 27.6 Å². The summed E-state index contributed by atoms with van der Waals surface area (Å²) in [5.74, 6) is -0.410. The van der Waals surface area contributed by atoms with E-state index in [1.165, 1.54) is 18.2 Å². The molecule has 0 atom stereocenters. The van der Waals surface area contributed by atoms with Crippen molar-refractivity contribution in [2.45, 2.75) is 0 Å². The van der Waals surface area contributed by atoms with Crippen LogP contribution in [0.4, 0.5) is 21.5 Å². The molecular weight excluding hydrogens is 253 g/mol. The number of nitrogens with zero attached hydrogens (tertiary/aromatic N) is 1. The molecule has 0 aliphatic heterocycles. The van der Waals surface area contributed by atoms with E-state index in [9.17, 15) is 4.39 Å². The van der Waals surface area contributed by atoms with Gasteiger partial charge in [-0.3, -0.25) is 0 Å². The lowest BCUT2D eigenvalue weighted by Crippen LogP contribution is -1.98. The predicted octanol–water partition coefficient (Wildman–Crippen LogP) is 3.68. The van der Waals surface area contributed by atoms with E-state index >= 15 is 0 Å². The lowest BCUT2D eigenvalue weighted by molar-refractivity contribution is 0.628. The van der Waals surface area contributed by atoms with E-state index in [1.807, 2.05) is 6.07 Å². The standard InChI is InChI=1S/C13H9ClFN3/c14-9-2-1-8(7-16)12(5-9)18-13-6-10(15)3-4-11(13)17/h1-6,18H,17H2. The lowest BCUT2D eigenvalue weighted by atomic mass is 10.1. The summed E-state index contributed by atoms with van der Waals surface area (Å²) in [5.41, 5.74) is 7.40. The van der Waals surface area contributed by atoms with Crippen LogP contribution in [0.5, 0.6) is 0 Å². The maximum Gasteiger partial charge on any atom is 0.125 e. The zero-order valence-electron chi connectivity index (χ0n) is 9.24. The Labute approximate surface area is 109 Å². The lowest BCUT2D eigenvalue weighted by Gasteiger charge is -2.11. The average Bonchev–Trinajstić information content (AvgIpc) is 2.34. The largest absolute Gasteiger partial charge is 0.397 e. The Bertz CT molecular complexity index is 635. The number of nitriles is 1. The first kappa shape index (κ1) is 12.2. The van der Waals surface area contributed by atoms with Gasteiger partial charge in [0.05, 0.1) is 22.6 Å². The fourth-order valence-corrected chi connectivity index (χ4v) is 1.67. The Morgan fingerprint density at radius 1 is 1.17 bits per heavy atom. The molecule has 0 unspecified atom stereocenters. The highest BCUT2D eigenvalue weighted by molar-refractivity contribution is 6.30. The second-order valence-electron chi connectivity index (χ2n) is 3.66. The molecule has 0 aliphatic rings. The monoisotopic (exact) mass is 261 g/mol. The Hall–Kier alpha value is -2.25. The number of halogens is 2. The number of hydrogen-bond acceptors (Lipinski definition) is 3. The van der Waals surface area contributed by atoms with Crippen LogP contribution >= 0.6 is 11.6 Å². The summed E-state index contributed by atoms with van der Waals surface area (Å²) in [4.78, 5) is 0. The van der Waals surface area contributed by atoms with Crippen molar-refractivity contribution in [1.29, 1.82) is 5.26 Å². The Balaban J connectivity index is 2.43. The van der Waals surface area contributed by atoms with Gasteiger partial charge in [0.25, 0.3) is 0 Å². The predicted molar refractivity (Wildman–Crippen MR) is 70.3 cm³/mol. The zero-order chi connectivity index (χ0) is 13.1. The van der Waals surface area contributed by atoms with Gasteiger partial charge in [0.15, 0.2) is 0 Å². The first-order valence-electron chi connectivity index (χ1n) is 5.12. The summed E-state index contributed by atoms with van der Waals surface area (Å²) in [6.07, 6.45) is 0. The maximum atomic E-state index is 13.1. The molecule has 0 heterocycles. The molecule has 0 bridgehead atoms. The van der Waals surface area contributed by atoms with E-state index in [4.69, 9.17) is 22.6 Å². The molecule has 0 amide bonds. The van der Waals surface area contributed by atoms with Gasteiger partial charge in [0.1, 0.15) is 11.9 Å². The topological polar surface area (TPSA) is 61.8 Å². The third-order valence-electron chi connectivity index (χ3n) is 2.39. The smallest absolute Gasteiger partial charge is 0.125 e. The van der Waals surface area contributed by atoms with E-state index in [0.717, 1.165) is 0 Å². The highest BCUT2D eigenvalue weighted by atomic mass is 35.5. The molecule has 5 heteroatoms. The van der Waals surface area contributed by atoms with E-state index in [2.05, 4.69) is 5.32 Å². The van der Waals surface area contributed by atoms with Crippen LogP contribution in [0.25, 0.3) is 0 Å². The summed E-state index contributed by atoms with van der Waals surface area (Å²) in [6.45, 7) is 0. The summed E-state index contributed by atoms with van der Waals surface area (Å²) < 4.78 is 13.1. The number of nitrogen functional groups attached to an aromatic ring is 1. The van der Waals surface area contributed by atoms with Gasteiger partial charge in [-0.05, 0) is 36.4 Å². The number of anilines is 3. The van der Waals surface area contributed by atoms with Crippen LogP contribution in [0.15, 0.2) is 36.4 Å². The average molecular weight is 262 g/mol. The minimum absolute atomic E-state index is 0.389. The van der Waals surface area contributed by atoms with Crippen molar-refractivity contribution in [3.8, 4) is 6.07 Å². The van der Waals surface area contributed by atoms with Gasteiger partial charge < -0.3 is 11.1 Å². The number of rotatable bonds is 2. The van der Waals surface area contributed by atoms with Crippen LogP contribution < -0.4 is 11.1 Å². The van der Waals surface area contributed by atoms with Crippen molar-refractivity contribution in [3.63, 3.8) is 0 Å². The first-order valence-corrected chi connectivity index (χ1v) is 5.49. The minimum Gasteiger partial charge on any atom is -0.397 e. The molecule has 0 saturated heterocycles. The number of hydrogen-bond donors (Lipinski definition) is 2. The van der Waals surface area contributed by atoms with Crippen molar-refractivity contribution in [2.75, 3.05) is 11.1 Å². The molecule has 0 aliphatic carbocycles. The molecule has 0 aromatic heterocycles. The second kappa shape index (κ2) is 4.94. The normalized spacial score (nSPS) is 9.83. The molecule has 2 rings (SSSR count). The molecule has 2 aromatic rings. The number of nitrogens with two attached hydrogens (primary N) is 1.